The summed E-state index contributed by atoms with van der Waals surface area (Å²) in [6.07, 6.45) is 3.42. The molecule has 0 unspecified atom stereocenters. The molecule has 0 aliphatic carbocycles. The maximum atomic E-state index is 5.64. The second-order valence-corrected chi connectivity index (χ2v) is 4.86. The van der Waals surface area contributed by atoms with E-state index in [0.29, 0.717) is 23.4 Å². The lowest BCUT2D eigenvalue weighted by molar-refractivity contribution is 1.25. The fourth-order valence-corrected chi connectivity index (χ4v) is 2.11. The van der Waals surface area contributed by atoms with Crippen molar-refractivity contribution in [2.45, 2.75) is 0 Å². The minimum atomic E-state index is 0.564. The number of rotatable bonds is 7. The van der Waals surface area contributed by atoms with Gasteiger partial charge in [-0.25, -0.2) is 0 Å². The van der Waals surface area contributed by atoms with E-state index in [1.54, 1.807) is 12.2 Å². The van der Waals surface area contributed by atoms with Crippen LogP contribution in [0.4, 0.5) is 0 Å². The maximum Gasteiger partial charge on any atom is 0.154 e. The van der Waals surface area contributed by atoms with Crippen LogP contribution in [0.2, 0.25) is 0 Å². The summed E-state index contributed by atoms with van der Waals surface area (Å²) in [7, 11) is 0. The Balaban J connectivity index is 3.59. The van der Waals surface area contributed by atoms with Crippen LogP contribution in [0.15, 0.2) is 35.3 Å². The molecule has 0 spiro atoms. The molecule has 0 aromatic carbocycles. The summed E-state index contributed by atoms with van der Waals surface area (Å²) < 4.78 is 0. The van der Waals surface area contributed by atoms with E-state index in [2.05, 4.69) is 23.1 Å². The highest BCUT2D eigenvalue weighted by molar-refractivity contribution is 8.17. The van der Waals surface area contributed by atoms with Gasteiger partial charge in [0.15, 0.2) is 10.3 Å². The zero-order chi connectivity index (χ0) is 12.2. The number of hydrogen-bond acceptors (Lipinski definition) is 4. The first-order chi connectivity index (χ1) is 7.70. The summed E-state index contributed by atoms with van der Waals surface area (Å²) in [5.74, 6) is 1.73. The predicted molar refractivity (Wildman–Crippen MR) is 78.3 cm³/mol. The molecule has 0 aromatic rings. The van der Waals surface area contributed by atoms with E-state index < -0.39 is 0 Å². The molecule has 0 saturated carbocycles. The third-order valence-electron chi connectivity index (χ3n) is 1.34. The van der Waals surface area contributed by atoms with Crippen molar-refractivity contribution in [1.82, 2.24) is 0 Å². The molecule has 0 aliphatic heterocycles. The normalized spacial score (nSPS) is 12.5. The van der Waals surface area contributed by atoms with E-state index in [1.165, 1.54) is 23.5 Å². The molecule has 90 valence electrons. The van der Waals surface area contributed by atoms with Gasteiger partial charge in [0.25, 0.3) is 0 Å². The Kier molecular flexibility index (Phi) is 10.0. The predicted octanol–water partition coefficient (Wildman–Crippen LogP) is 1.45. The van der Waals surface area contributed by atoms with Crippen LogP contribution in [0, 0.1) is 0 Å². The average Bonchev–Trinajstić information content (AvgIpc) is 2.29. The topological polar surface area (TPSA) is 76.8 Å². The molecular weight excluding hydrogens is 240 g/mol. The van der Waals surface area contributed by atoms with Crippen LogP contribution in [0.5, 0.6) is 0 Å². The Morgan fingerprint density at radius 3 is 1.62 bits per heavy atom. The van der Waals surface area contributed by atoms with Gasteiger partial charge in [0.05, 0.1) is 13.1 Å². The summed E-state index contributed by atoms with van der Waals surface area (Å²) in [6, 6.07) is 0. The van der Waals surface area contributed by atoms with E-state index in [0.717, 1.165) is 11.5 Å². The average molecular weight is 258 g/mol. The first-order valence-electron chi connectivity index (χ1n) is 4.78. The summed E-state index contributed by atoms with van der Waals surface area (Å²) in [4.78, 5) is 8.13. The summed E-state index contributed by atoms with van der Waals surface area (Å²) in [5, 5.41) is 1.17. The third kappa shape index (κ3) is 9.67. The summed E-state index contributed by atoms with van der Waals surface area (Å²) >= 11 is 3.02. The van der Waals surface area contributed by atoms with E-state index in [4.69, 9.17) is 11.5 Å². The molecule has 4 N–H and O–H groups in total. The van der Waals surface area contributed by atoms with Crippen LogP contribution >= 0.6 is 23.5 Å². The Bertz CT molecular complexity index is 246. The molecular formula is C10H18N4S2. The molecule has 0 atom stereocenters. The molecule has 0 aliphatic rings. The van der Waals surface area contributed by atoms with Crippen LogP contribution in [-0.2, 0) is 0 Å². The van der Waals surface area contributed by atoms with Crippen LogP contribution < -0.4 is 11.5 Å². The van der Waals surface area contributed by atoms with Crippen molar-refractivity contribution in [3.63, 3.8) is 0 Å². The minimum Gasteiger partial charge on any atom is -0.379 e. The van der Waals surface area contributed by atoms with Crippen molar-refractivity contribution >= 4 is 33.9 Å². The van der Waals surface area contributed by atoms with Crippen LogP contribution in [0.3, 0.4) is 0 Å². The number of amidine groups is 2. The lowest BCUT2D eigenvalue weighted by Crippen LogP contribution is -2.11. The van der Waals surface area contributed by atoms with E-state index in [9.17, 15) is 0 Å². The van der Waals surface area contributed by atoms with E-state index in [-0.39, 0.29) is 0 Å². The fraction of sp³-hybridized carbons (Fsp3) is 0.400. The van der Waals surface area contributed by atoms with Gasteiger partial charge in [0.2, 0.25) is 0 Å². The number of nitrogens with two attached hydrogens (primary N) is 2. The van der Waals surface area contributed by atoms with Gasteiger partial charge < -0.3 is 11.5 Å². The standard InChI is InChI=1S/C10H18N4S2/c1-3-5-13-9(11)15-7-8-16-10(12)14-6-4-2/h3-4H,1-2,5-8H2,(H2,11,13)(H2,12,14). The molecule has 0 rings (SSSR count). The first-order valence-corrected chi connectivity index (χ1v) is 6.75. The lowest BCUT2D eigenvalue weighted by Gasteiger charge is -2.00. The Labute approximate surface area is 105 Å². The number of nitrogens with zero attached hydrogens (tertiary/aromatic N) is 2. The van der Waals surface area contributed by atoms with Gasteiger partial charge >= 0.3 is 0 Å². The zero-order valence-electron chi connectivity index (χ0n) is 9.26. The second-order valence-electron chi connectivity index (χ2n) is 2.63. The first kappa shape index (κ1) is 15.1. The molecule has 0 saturated heterocycles. The van der Waals surface area contributed by atoms with E-state index in [1.807, 2.05) is 0 Å². The van der Waals surface area contributed by atoms with Crippen molar-refractivity contribution in [2.75, 3.05) is 24.6 Å². The zero-order valence-corrected chi connectivity index (χ0v) is 10.9. The molecule has 0 aromatic heterocycles. The van der Waals surface area contributed by atoms with Crippen LogP contribution in [0.1, 0.15) is 0 Å². The number of thioether (sulfide) groups is 2. The van der Waals surface area contributed by atoms with Gasteiger partial charge in [-0.2, -0.15) is 0 Å². The van der Waals surface area contributed by atoms with Gasteiger partial charge in [-0.3, -0.25) is 9.98 Å². The molecule has 0 fully saturated rings. The maximum absolute atomic E-state index is 5.64. The molecule has 16 heavy (non-hydrogen) atoms. The van der Waals surface area contributed by atoms with Gasteiger partial charge in [0, 0.05) is 11.5 Å². The highest BCUT2D eigenvalue weighted by Gasteiger charge is 1.96. The largest absolute Gasteiger partial charge is 0.379 e. The van der Waals surface area contributed by atoms with Gasteiger partial charge in [-0.1, -0.05) is 35.7 Å². The lowest BCUT2D eigenvalue weighted by atomic mass is 10.7. The van der Waals surface area contributed by atoms with Crippen LogP contribution in [-0.4, -0.2) is 34.9 Å². The Morgan fingerprint density at radius 2 is 1.31 bits per heavy atom. The minimum absolute atomic E-state index is 0.564. The van der Waals surface area contributed by atoms with Crippen molar-refractivity contribution < 1.29 is 0 Å². The van der Waals surface area contributed by atoms with E-state index >= 15 is 0 Å². The highest BCUT2D eigenvalue weighted by Crippen LogP contribution is 2.07. The SMILES string of the molecule is C=CCN=C(N)SCCSC(N)=NCC=C. The van der Waals surface area contributed by atoms with Gasteiger partial charge in [-0.05, 0) is 0 Å². The molecule has 4 nitrogen and oxygen atoms in total. The number of aliphatic imine (C=N–C) groups is 2. The van der Waals surface area contributed by atoms with Gasteiger partial charge in [0.1, 0.15) is 0 Å². The second kappa shape index (κ2) is 10.6. The molecule has 0 bridgehead atoms. The fourth-order valence-electron chi connectivity index (χ4n) is 0.693. The summed E-state index contributed by atoms with van der Waals surface area (Å²) in [6.45, 7) is 8.26. The molecule has 6 heteroatoms. The smallest absolute Gasteiger partial charge is 0.154 e. The van der Waals surface area contributed by atoms with Crippen molar-refractivity contribution in [1.29, 1.82) is 0 Å². The van der Waals surface area contributed by atoms with Crippen molar-refractivity contribution in [2.24, 2.45) is 21.5 Å². The molecule has 0 heterocycles. The Morgan fingerprint density at radius 1 is 0.938 bits per heavy atom. The van der Waals surface area contributed by atoms with Crippen molar-refractivity contribution in [3.8, 4) is 0 Å². The molecule has 0 radical (unpaired) electrons. The monoisotopic (exact) mass is 258 g/mol. The van der Waals surface area contributed by atoms with Crippen LogP contribution in [0.25, 0.3) is 0 Å². The summed E-state index contributed by atoms with van der Waals surface area (Å²) in [5.41, 5.74) is 11.3. The van der Waals surface area contributed by atoms with Crippen molar-refractivity contribution in [3.05, 3.63) is 25.3 Å². The third-order valence-corrected chi connectivity index (χ3v) is 3.26. The Hall–Kier alpha value is -0.880. The highest BCUT2D eigenvalue weighted by atomic mass is 32.2. The number of hydrogen-bond donors (Lipinski definition) is 2. The molecule has 0 amide bonds. The van der Waals surface area contributed by atoms with Gasteiger partial charge in [-0.15, -0.1) is 13.2 Å². The quantitative estimate of drug-likeness (QED) is 0.314.